The summed E-state index contributed by atoms with van der Waals surface area (Å²) >= 11 is 0. The zero-order chi connectivity index (χ0) is 12.3. The molecule has 5 nitrogen and oxygen atoms in total. The Bertz CT molecular complexity index is 588. The van der Waals surface area contributed by atoms with Crippen molar-refractivity contribution in [3.8, 4) is 0 Å². The number of para-hydroxylation sites is 2. The average Bonchev–Trinajstić information content (AvgIpc) is 2.62. The maximum absolute atomic E-state index is 11.3. The van der Waals surface area contributed by atoms with Crippen LogP contribution in [-0.2, 0) is 16.1 Å². The van der Waals surface area contributed by atoms with Gasteiger partial charge in [0.05, 0.1) is 18.5 Å². The number of aromatic nitrogens is 1. The molecular formula is C12H15BrN2O3. The zero-order valence-corrected chi connectivity index (χ0v) is 11.7. The van der Waals surface area contributed by atoms with E-state index in [4.69, 9.17) is 14.6 Å². The number of hydrogen-bond donors (Lipinski definition) is 1. The van der Waals surface area contributed by atoms with E-state index in [-0.39, 0.29) is 35.1 Å². The van der Waals surface area contributed by atoms with Crippen molar-refractivity contribution in [2.45, 2.75) is 19.9 Å². The smallest absolute Gasteiger partial charge is 0.307 e. The van der Waals surface area contributed by atoms with Crippen LogP contribution in [0, 0.1) is 5.41 Å². The summed E-state index contributed by atoms with van der Waals surface area (Å²) in [4.78, 5) is 11.3. The fourth-order valence-corrected chi connectivity index (χ4v) is 1.69. The number of benzene rings is 1. The molecule has 1 heterocycles. The van der Waals surface area contributed by atoms with E-state index >= 15 is 0 Å². The lowest BCUT2D eigenvalue weighted by molar-refractivity contribution is -0.143. The van der Waals surface area contributed by atoms with Crippen LogP contribution in [0.25, 0.3) is 11.1 Å². The third kappa shape index (κ3) is 3.01. The number of esters is 1. The lowest BCUT2D eigenvalue weighted by Crippen LogP contribution is -2.17. The number of rotatable bonds is 4. The van der Waals surface area contributed by atoms with Crippen molar-refractivity contribution in [3.05, 3.63) is 29.9 Å². The van der Waals surface area contributed by atoms with Crippen molar-refractivity contribution < 1.29 is 13.9 Å². The van der Waals surface area contributed by atoms with Gasteiger partial charge in [-0.05, 0) is 19.1 Å². The van der Waals surface area contributed by atoms with Gasteiger partial charge in [0.1, 0.15) is 0 Å². The number of halogens is 1. The maximum atomic E-state index is 11.3. The quantitative estimate of drug-likeness (QED) is 0.880. The molecule has 2 rings (SSSR count). The third-order valence-electron chi connectivity index (χ3n) is 2.45. The van der Waals surface area contributed by atoms with Gasteiger partial charge in [0.15, 0.2) is 5.58 Å². The minimum absolute atomic E-state index is 0. The Hall–Kier alpha value is -1.56. The molecule has 0 aliphatic carbocycles. The molecule has 0 unspecified atom stereocenters. The summed E-state index contributed by atoms with van der Waals surface area (Å²) < 4.78 is 11.8. The van der Waals surface area contributed by atoms with Gasteiger partial charge in [-0.15, -0.1) is 17.0 Å². The predicted molar refractivity (Wildman–Crippen MR) is 71.6 cm³/mol. The van der Waals surface area contributed by atoms with Crippen molar-refractivity contribution in [2.75, 3.05) is 6.61 Å². The first kappa shape index (κ1) is 14.5. The SMILES string of the molecule is Br.CCOC(=O)CCn1c(=N)oc2ccccc21. The number of nitrogens with zero attached hydrogens (tertiary/aromatic N) is 1. The number of oxazole rings is 1. The van der Waals surface area contributed by atoms with Crippen LogP contribution in [0.1, 0.15) is 13.3 Å². The molecule has 0 spiro atoms. The minimum Gasteiger partial charge on any atom is -0.466 e. The Labute approximate surface area is 115 Å². The van der Waals surface area contributed by atoms with E-state index in [1.807, 2.05) is 18.2 Å². The number of nitrogens with one attached hydrogen (secondary N) is 1. The van der Waals surface area contributed by atoms with Crippen molar-refractivity contribution in [2.24, 2.45) is 0 Å². The number of ether oxygens (including phenoxy) is 1. The molecule has 18 heavy (non-hydrogen) atoms. The molecule has 2 aromatic rings. The molecule has 0 saturated heterocycles. The molecule has 6 heteroatoms. The second-order valence-electron chi connectivity index (χ2n) is 3.58. The predicted octanol–water partition coefficient (Wildman–Crippen LogP) is 2.24. The van der Waals surface area contributed by atoms with Gasteiger partial charge >= 0.3 is 5.97 Å². The van der Waals surface area contributed by atoms with Gasteiger partial charge in [-0.25, -0.2) is 0 Å². The van der Waals surface area contributed by atoms with Crippen molar-refractivity contribution in [3.63, 3.8) is 0 Å². The van der Waals surface area contributed by atoms with Gasteiger partial charge in [0, 0.05) is 6.54 Å². The number of carbonyl (C=O) groups excluding carboxylic acids is 1. The lowest BCUT2D eigenvalue weighted by Gasteiger charge is -2.03. The fraction of sp³-hybridized carbons (Fsp3) is 0.333. The molecule has 0 bridgehead atoms. The first-order valence-corrected chi connectivity index (χ1v) is 5.51. The Balaban J connectivity index is 0.00000162. The number of hydrogen-bond acceptors (Lipinski definition) is 4. The highest BCUT2D eigenvalue weighted by atomic mass is 79.9. The molecule has 0 amide bonds. The summed E-state index contributed by atoms with van der Waals surface area (Å²) in [5.41, 5.74) is 1.53. The first-order chi connectivity index (χ1) is 8.22. The maximum Gasteiger partial charge on any atom is 0.307 e. The van der Waals surface area contributed by atoms with E-state index in [0.29, 0.717) is 18.7 Å². The number of aryl methyl sites for hydroxylation is 1. The minimum atomic E-state index is -0.260. The van der Waals surface area contributed by atoms with E-state index in [0.717, 1.165) is 5.52 Å². The molecule has 1 N–H and O–H groups in total. The van der Waals surface area contributed by atoms with Crippen LogP contribution in [0.15, 0.2) is 28.7 Å². The largest absolute Gasteiger partial charge is 0.466 e. The van der Waals surface area contributed by atoms with Gasteiger partial charge in [0.25, 0.3) is 5.68 Å². The summed E-state index contributed by atoms with van der Waals surface area (Å²) in [5, 5.41) is 7.69. The standard InChI is InChI=1S/C12H14N2O3.BrH/c1-2-16-11(15)7-8-14-9-5-3-4-6-10(9)17-12(14)13;/h3-6,13H,2,7-8H2,1H3;1H. The summed E-state index contributed by atoms with van der Waals surface area (Å²) in [5.74, 6) is -0.260. The topological polar surface area (TPSA) is 68.2 Å². The van der Waals surface area contributed by atoms with E-state index in [2.05, 4.69) is 0 Å². The fourth-order valence-electron chi connectivity index (χ4n) is 1.69. The van der Waals surface area contributed by atoms with E-state index < -0.39 is 0 Å². The van der Waals surface area contributed by atoms with Crippen molar-refractivity contribution >= 4 is 34.1 Å². The third-order valence-corrected chi connectivity index (χ3v) is 2.45. The molecule has 0 atom stereocenters. The molecule has 1 aromatic heterocycles. The normalized spacial score (nSPS) is 10.1. The molecule has 0 radical (unpaired) electrons. The van der Waals surface area contributed by atoms with Crippen LogP contribution in [-0.4, -0.2) is 17.1 Å². The first-order valence-electron chi connectivity index (χ1n) is 5.51. The average molecular weight is 315 g/mol. The molecule has 98 valence electrons. The van der Waals surface area contributed by atoms with E-state index in [1.54, 1.807) is 17.6 Å². The second-order valence-corrected chi connectivity index (χ2v) is 3.58. The van der Waals surface area contributed by atoms with Gasteiger partial charge < -0.3 is 9.15 Å². The second kappa shape index (κ2) is 6.39. The van der Waals surface area contributed by atoms with E-state index in [1.165, 1.54) is 0 Å². The van der Waals surface area contributed by atoms with Gasteiger partial charge in [-0.1, -0.05) is 12.1 Å². The van der Waals surface area contributed by atoms with Crippen LogP contribution in [0.3, 0.4) is 0 Å². The van der Waals surface area contributed by atoms with Crippen molar-refractivity contribution in [1.82, 2.24) is 4.57 Å². The van der Waals surface area contributed by atoms with Crippen LogP contribution >= 0.6 is 17.0 Å². The van der Waals surface area contributed by atoms with Gasteiger partial charge in [-0.2, -0.15) is 0 Å². The number of carbonyl (C=O) groups is 1. The van der Waals surface area contributed by atoms with Crippen LogP contribution in [0.5, 0.6) is 0 Å². The van der Waals surface area contributed by atoms with Crippen LogP contribution in [0.4, 0.5) is 0 Å². The summed E-state index contributed by atoms with van der Waals surface area (Å²) in [6.07, 6.45) is 0.244. The molecule has 0 saturated carbocycles. The Morgan fingerprint density at radius 1 is 1.44 bits per heavy atom. The summed E-state index contributed by atoms with van der Waals surface area (Å²) in [6.45, 7) is 2.55. The van der Waals surface area contributed by atoms with Gasteiger partial charge in [-0.3, -0.25) is 14.8 Å². The van der Waals surface area contributed by atoms with E-state index in [9.17, 15) is 4.79 Å². The van der Waals surface area contributed by atoms with Crippen molar-refractivity contribution in [1.29, 1.82) is 5.41 Å². The van der Waals surface area contributed by atoms with Gasteiger partial charge in [0.2, 0.25) is 0 Å². The summed E-state index contributed by atoms with van der Waals surface area (Å²) in [6, 6.07) is 7.38. The Morgan fingerprint density at radius 2 is 2.17 bits per heavy atom. The highest BCUT2D eigenvalue weighted by molar-refractivity contribution is 8.93. The number of fused-ring (bicyclic) bond motifs is 1. The molecular weight excluding hydrogens is 300 g/mol. The lowest BCUT2D eigenvalue weighted by atomic mass is 10.3. The molecule has 1 aromatic carbocycles. The molecule has 0 fully saturated rings. The van der Waals surface area contributed by atoms with Crippen LogP contribution < -0.4 is 5.68 Å². The zero-order valence-electron chi connectivity index (χ0n) is 10.0. The monoisotopic (exact) mass is 314 g/mol. The molecule has 0 aliphatic rings. The highest BCUT2D eigenvalue weighted by Crippen LogP contribution is 2.11. The summed E-state index contributed by atoms with van der Waals surface area (Å²) in [7, 11) is 0. The molecule has 0 aliphatic heterocycles. The Kier molecular flexibility index (Phi) is 5.15. The van der Waals surface area contributed by atoms with Crippen LogP contribution in [0.2, 0.25) is 0 Å². The Morgan fingerprint density at radius 3 is 2.89 bits per heavy atom. The highest BCUT2D eigenvalue weighted by Gasteiger charge is 2.08.